The fourth-order valence-electron chi connectivity index (χ4n) is 6.06. The van der Waals surface area contributed by atoms with Crippen LogP contribution in [-0.2, 0) is 10.3 Å². The molecule has 6 nitrogen and oxygen atoms in total. The van der Waals surface area contributed by atoms with Crippen LogP contribution in [0, 0.1) is 37.2 Å². The van der Waals surface area contributed by atoms with Crippen molar-refractivity contribution in [1.82, 2.24) is 14.7 Å². The lowest BCUT2D eigenvalue weighted by Crippen LogP contribution is -2.28. The third-order valence-electron chi connectivity index (χ3n) is 8.00. The van der Waals surface area contributed by atoms with Crippen LogP contribution in [0.4, 0.5) is 13.2 Å². The van der Waals surface area contributed by atoms with Crippen molar-refractivity contribution in [3.63, 3.8) is 0 Å². The van der Waals surface area contributed by atoms with Crippen LogP contribution in [0.15, 0.2) is 47.1 Å². The first-order valence-electron chi connectivity index (χ1n) is 13.4. The largest absolute Gasteiger partial charge is 0.386 e. The predicted octanol–water partition coefficient (Wildman–Crippen LogP) is 7.12. The van der Waals surface area contributed by atoms with E-state index in [1.54, 1.807) is 20.0 Å². The number of aromatic nitrogens is 3. The van der Waals surface area contributed by atoms with E-state index in [-0.39, 0.29) is 11.5 Å². The molecule has 208 valence electrons. The zero-order chi connectivity index (χ0) is 28.3. The van der Waals surface area contributed by atoms with Crippen LogP contribution < -0.4 is 0 Å². The maximum absolute atomic E-state index is 15.6. The van der Waals surface area contributed by atoms with Crippen LogP contribution in [0.25, 0.3) is 33.1 Å². The van der Waals surface area contributed by atoms with Crippen LogP contribution >= 0.6 is 0 Å². The summed E-state index contributed by atoms with van der Waals surface area (Å²) in [5.74, 6) is -2.45. The molecule has 0 radical (unpaired) electrons. The van der Waals surface area contributed by atoms with E-state index in [4.69, 9.17) is 14.2 Å². The average Bonchev–Trinajstić information content (AvgIpc) is 3.41. The Morgan fingerprint density at radius 2 is 1.70 bits per heavy atom. The summed E-state index contributed by atoms with van der Waals surface area (Å²) in [6.45, 7) is 7.92. The number of halogens is 3. The molecule has 1 saturated heterocycles. The minimum atomic E-state index is -1.16. The number of benzene rings is 2. The topological polar surface area (TPSA) is 73.3 Å². The van der Waals surface area contributed by atoms with Crippen LogP contribution in [-0.4, -0.2) is 33.0 Å². The molecule has 0 saturated carbocycles. The third-order valence-corrected chi connectivity index (χ3v) is 8.00. The normalized spacial score (nSPS) is 15.8. The quantitative estimate of drug-likeness (QED) is 0.253. The lowest BCUT2D eigenvalue weighted by Gasteiger charge is -2.33. The van der Waals surface area contributed by atoms with E-state index < -0.39 is 29.1 Å². The van der Waals surface area contributed by atoms with E-state index in [0.717, 1.165) is 28.6 Å². The minimum absolute atomic E-state index is 0.205. The lowest BCUT2D eigenvalue weighted by atomic mass is 9.86. The smallest absolute Gasteiger partial charge is 0.141 e. The van der Waals surface area contributed by atoms with E-state index in [1.807, 2.05) is 42.7 Å². The van der Waals surface area contributed by atoms with Gasteiger partial charge < -0.3 is 18.9 Å². The molecule has 5 aromatic rings. The van der Waals surface area contributed by atoms with E-state index in [9.17, 15) is 9.50 Å². The molecule has 40 heavy (non-hydrogen) atoms. The highest BCUT2D eigenvalue weighted by atomic mass is 19.1. The van der Waals surface area contributed by atoms with Gasteiger partial charge in [-0.15, -0.1) is 0 Å². The van der Waals surface area contributed by atoms with Crippen molar-refractivity contribution in [2.75, 3.05) is 13.2 Å². The van der Waals surface area contributed by atoms with Gasteiger partial charge in [-0.1, -0.05) is 17.3 Å². The number of aliphatic hydroxyl groups is 1. The standard InChI is InChI=1S/C31H30F3N3O3/c1-16-27(17(2)40-36-16)19-11-26-29(35-15-19)22-6-5-20(31(3,4)38)12-25(22)37(26)30(18-7-9-39-10-8-18)28-23(33)13-21(32)14-24(28)34/h5-6,11-15,18,30,38H,7-10H2,1-4H3/t30-/m1/s1. The Balaban J connectivity index is 1.73. The van der Waals surface area contributed by atoms with Gasteiger partial charge in [-0.2, -0.15) is 0 Å². The number of nitrogens with zero attached hydrogens (tertiary/aromatic N) is 3. The van der Waals surface area contributed by atoms with Crippen molar-refractivity contribution >= 4 is 21.9 Å². The predicted molar refractivity (Wildman–Crippen MR) is 145 cm³/mol. The van der Waals surface area contributed by atoms with Crippen molar-refractivity contribution < 1.29 is 27.5 Å². The lowest BCUT2D eigenvalue weighted by molar-refractivity contribution is 0.0543. The van der Waals surface area contributed by atoms with E-state index in [0.29, 0.717) is 59.6 Å². The molecule has 1 N–H and O–H groups in total. The molecule has 0 aliphatic carbocycles. The number of aryl methyl sites for hydroxylation is 2. The van der Waals surface area contributed by atoms with Gasteiger partial charge in [0.15, 0.2) is 0 Å². The second kappa shape index (κ2) is 9.74. The number of hydrogen-bond donors (Lipinski definition) is 1. The fourth-order valence-corrected chi connectivity index (χ4v) is 6.06. The molecule has 4 heterocycles. The summed E-state index contributed by atoms with van der Waals surface area (Å²) < 4.78 is 58.1. The van der Waals surface area contributed by atoms with E-state index in [2.05, 4.69) is 5.16 Å². The summed E-state index contributed by atoms with van der Waals surface area (Å²) in [5, 5.41) is 15.7. The Morgan fingerprint density at radius 3 is 2.33 bits per heavy atom. The number of hydrogen-bond acceptors (Lipinski definition) is 5. The summed E-state index contributed by atoms with van der Waals surface area (Å²) in [6, 6.07) is 8.12. The van der Waals surface area contributed by atoms with Gasteiger partial charge >= 0.3 is 0 Å². The van der Waals surface area contributed by atoms with Gasteiger partial charge in [0.05, 0.1) is 33.9 Å². The first-order chi connectivity index (χ1) is 19.0. The molecule has 2 aromatic carbocycles. The van der Waals surface area contributed by atoms with Crippen molar-refractivity contribution in [3.8, 4) is 11.1 Å². The highest BCUT2D eigenvalue weighted by Gasteiger charge is 2.35. The Hall–Kier alpha value is -3.69. The number of pyridine rings is 1. The van der Waals surface area contributed by atoms with E-state index in [1.165, 1.54) is 0 Å². The highest BCUT2D eigenvalue weighted by molar-refractivity contribution is 6.07. The number of rotatable bonds is 5. The molecule has 1 aliphatic heterocycles. The Bertz CT molecular complexity index is 1700. The zero-order valence-corrected chi connectivity index (χ0v) is 22.8. The first-order valence-corrected chi connectivity index (χ1v) is 13.4. The molecule has 1 atom stereocenters. The van der Waals surface area contributed by atoms with Gasteiger partial charge in [-0.05, 0) is 64.2 Å². The van der Waals surface area contributed by atoms with E-state index >= 15 is 8.78 Å². The van der Waals surface area contributed by atoms with Gasteiger partial charge in [0.25, 0.3) is 0 Å². The van der Waals surface area contributed by atoms with Crippen molar-refractivity contribution in [2.24, 2.45) is 5.92 Å². The van der Waals surface area contributed by atoms with Crippen LogP contribution in [0.3, 0.4) is 0 Å². The number of fused-ring (bicyclic) bond motifs is 3. The molecule has 0 bridgehead atoms. The molecule has 1 fully saturated rings. The minimum Gasteiger partial charge on any atom is -0.386 e. The van der Waals surface area contributed by atoms with Crippen molar-refractivity contribution in [1.29, 1.82) is 0 Å². The Labute approximate surface area is 229 Å². The maximum atomic E-state index is 15.6. The summed E-state index contributed by atoms with van der Waals surface area (Å²) in [4.78, 5) is 4.82. The average molecular weight is 550 g/mol. The molecular weight excluding hydrogens is 519 g/mol. The first kappa shape index (κ1) is 26.5. The van der Waals surface area contributed by atoms with Crippen LogP contribution in [0.5, 0.6) is 0 Å². The SMILES string of the molecule is Cc1noc(C)c1-c1cnc2c3ccc(C(C)(C)O)cc3n([C@@H](c3c(F)cc(F)cc3F)C3CCOCC3)c2c1. The Kier molecular flexibility index (Phi) is 6.46. The van der Waals surface area contributed by atoms with Gasteiger partial charge in [0.2, 0.25) is 0 Å². The van der Waals surface area contributed by atoms with Crippen molar-refractivity contribution in [3.05, 3.63) is 82.6 Å². The monoisotopic (exact) mass is 549 g/mol. The molecule has 6 rings (SSSR count). The molecular formula is C31H30F3N3O3. The molecule has 0 spiro atoms. The Morgan fingerprint density at radius 1 is 1.00 bits per heavy atom. The summed E-state index contributed by atoms with van der Waals surface area (Å²) in [6.07, 6.45) is 2.86. The second-order valence-electron chi connectivity index (χ2n) is 11.1. The van der Waals surface area contributed by atoms with Crippen molar-refractivity contribution in [2.45, 2.75) is 52.2 Å². The maximum Gasteiger partial charge on any atom is 0.141 e. The van der Waals surface area contributed by atoms with Gasteiger partial charge in [0, 0.05) is 53.6 Å². The van der Waals surface area contributed by atoms with Gasteiger partial charge in [-0.25, -0.2) is 13.2 Å². The van der Waals surface area contributed by atoms with Gasteiger partial charge in [0.1, 0.15) is 23.2 Å². The van der Waals surface area contributed by atoms with Crippen LogP contribution in [0.2, 0.25) is 0 Å². The number of ether oxygens (including phenoxy) is 1. The highest BCUT2D eigenvalue weighted by Crippen LogP contribution is 2.43. The molecule has 9 heteroatoms. The molecule has 1 aliphatic rings. The summed E-state index contributed by atoms with van der Waals surface area (Å²) in [5.41, 5.74) is 3.48. The third kappa shape index (κ3) is 4.37. The second-order valence-corrected chi connectivity index (χ2v) is 11.1. The summed E-state index contributed by atoms with van der Waals surface area (Å²) in [7, 11) is 0. The van der Waals surface area contributed by atoms with Gasteiger partial charge in [-0.3, -0.25) is 4.98 Å². The molecule has 0 amide bonds. The zero-order valence-electron chi connectivity index (χ0n) is 22.8. The molecule has 3 aromatic heterocycles. The van der Waals surface area contributed by atoms with Crippen LogP contribution in [0.1, 0.15) is 55.3 Å². The fraction of sp³-hybridized carbons (Fsp3) is 0.355. The summed E-state index contributed by atoms with van der Waals surface area (Å²) >= 11 is 0. The molecule has 0 unspecified atom stereocenters.